The quantitative estimate of drug-likeness (QED) is 0.0406. The van der Waals surface area contributed by atoms with Crippen molar-refractivity contribution in [1.29, 1.82) is 0 Å². The number of halogens is 2. The Morgan fingerprint density at radius 2 is 0.863 bits per heavy atom. The molecule has 0 radical (unpaired) electrons. The van der Waals surface area contributed by atoms with E-state index in [0.717, 1.165) is 72.1 Å². The Hall–Kier alpha value is -3.07. The van der Waals surface area contributed by atoms with Crippen LogP contribution in [0.4, 0.5) is 0 Å². The lowest BCUT2D eigenvalue weighted by Crippen LogP contribution is -1.99. The molecule has 0 fully saturated rings. The lowest BCUT2D eigenvalue weighted by molar-refractivity contribution is -0.139. The molecule has 7 heteroatoms. The largest absolute Gasteiger partial charge is 0.462 e. The Morgan fingerprint density at radius 3 is 1.29 bits per heavy atom. The molecular weight excluding hydrogens is 1030 g/mol. The van der Waals surface area contributed by atoms with Crippen LogP contribution < -0.4 is 0 Å². The molecule has 2 unspecified atom stereocenters. The molecular formula is C66H110Br2O5. The number of hydrogen-bond donors (Lipinski definition) is 3. The van der Waals surface area contributed by atoms with Gasteiger partial charge in [-0.1, -0.05) is 194 Å². The van der Waals surface area contributed by atoms with Crippen molar-refractivity contribution in [3.8, 4) is 0 Å². The number of alkyl halides is 1. The lowest BCUT2D eigenvalue weighted by atomic mass is 9.92. The molecule has 0 bridgehead atoms. The predicted octanol–water partition coefficient (Wildman–Crippen LogP) is 20.5. The second-order valence-corrected chi connectivity index (χ2v) is 22.2. The Labute approximate surface area is 468 Å². The number of carbonyl (C=O) groups is 1. The first kappa shape index (κ1) is 76.4. The van der Waals surface area contributed by atoms with E-state index in [0.29, 0.717) is 6.61 Å². The third-order valence-corrected chi connectivity index (χ3v) is 12.3. The molecule has 0 amide bonds. The highest BCUT2D eigenvalue weighted by atomic mass is 79.9. The summed E-state index contributed by atoms with van der Waals surface area (Å²) in [6, 6.07) is 7.90. The van der Waals surface area contributed by atoms with Crippen LogP contribution in [0.25, 0.3) is 6.08 Å². The smallest absolute Gasteiger partial charge is 0.302 e. The van der Waals surface area contributed by atoms with Crippen molar-refractivity contribution in [2.24, 2.45) is 11.8 Å². The summed E-state index contributed by atoms with van der Waals surface area (Å²) >= 11 is 6.72. The van der Waals surface area contributed by atoms with Gasteiger partial charge in [0.1, 0.15) is 6.61 Å². The molecule has 2 atom stereocenters. The fraction of sp³-hybridized carbons (Fsp3) is 0.591. The molecule has 73 heavy (non-hydrogen) atoms. The van der Waals surface area contributed by atoms with Crippen molar-refractivity contribution >= 4 is 43.9 Å². The fourth-order valence-corrected chi connectivity index (χ4v) is 7.64. The number of allylic oxidation sites excluding steroid dienone is 15. The number of benzene rings is 1. The minimum absolute atomic E-state index is 0.0933. The first-order chi connectivity index (χ1) is 34.5. The molecule has 0 aliphatic rings. The molecule has 0 aliphatic carbocycles. The van der Waals surface area contributed by atoms with Gasteiger partial charge >= 0.3 is 5.97 Å². The van der Waals surface area contributed by atoms with Crippen molar-refractivity contribution in [3.05, 3.63) is 145 Å². The van der Waals surface area contributed by atoms with Gasteiger partial charge in [0.05, 0.1) is 19.8 Å². The Kier molecular flexibility index (Phi) is 57.8. The average molecular weight is 1140 g/mol. The van der Waals surface area contributed by atoms with Gasteiger partial charge in [0.25, 0.3) is 0 Å². The highest BCUT2D eigenvalue weighted by Gasteiger charge is 2.06. The van der Waals surface area contributed by atoms with E-state index in [4.69, 9.17) is 20.1 Å². The van der Waals surface area contributed by atoms with Crippen molar-refractivity contribution in [3.63, 3.8) is 0 Å². The van der Waals surface area contributed by atoms with E-state index in [1.165, 1.54) is 115 Å². The summed E-state index contributed by atoms with van der Waals surface area (Å²) in [7, 11) is 0. The maximum Gasteiger partial charge on any atom is 0.302 e. The topological polar surface area (TPSA) is 87.0 Å². The van der Waals surface area contributed by atoms with Crippen LogP contribution in [0.1, 0.15) is 219 Å². The standard InChI is InChI=1S/C20H38O.C15H26O.C12H20O2.C10H17Br.C9H9BrO/c1-17(2)9-6-10-18(3)11-7-12-19(4)13-8-14-20(5)15-16-21;1-13(2)7-5-8-14(3)9-6-10-15(4)11-12-16;1-10(2)6-5-7-11(3)8-9-14-12(4)13;1-9(2)5-4-6-10(3)7-8-11;10-9-5-3-8(4-6-9)2-1-7-11/h9,15,18-19,21H,6-8,10-14,16H2,1-5H3;7,9,11,16H,5-6,8,10,12H2,1-4H3;6,8H,5,7,9H2,1-4H3;5,7H,4,6,8H2,1-3H3;1-6,11H,7H2/b20-15+;14-9+,15-11+;11-8+;10-7+;2-1+. The molecule has 0 aromatic heterocycles. The Balaban J connectivity index is -0.000000416. The molecule has 3 N–H and O–H groups in total. The second kappa shape index (κ2) is 55.2. The van der Waals surface area contributed by atoms with Crippen LogP contribution in [0.5, 0.6) is 0 Å². The summed E-state index contributed by atoms with van der Waals surface area (Å²) in [6.07, 6.45) is 42.4. The molecule has 0 spiro atoms. The van der Waals surface area contributed by atoms with Gasteiger partial charge in [-0.2, -0.15) is 0 Å². The Bertz CT molecular complexity index is 1800. The highest BCUT2D eigenvalue weighted by molar-refractivity contribution is 9.10. The predicted molar refractivity (Wildman–Crippen MR) is 334 cm³/mol. The summed E-state index contributed by atoms with van der Waals surface area (Å²) < 4.78 is 5.88. The number of aliphatic hydroxyl groups is 3. The highest BCUT2D eigenvalue weighted by Crippen LogP contribution is 2.21. The summed E-state index contributed by atoms with van der Waals surface area (Å²) in [4.78, 5) is 10.5. The third kappa shape index (κ3) is 66.9. The van der Waals surface area contributed by atoms with Gasteiger partial charge in [0, 0.05) is 16.7 Å². The SMILES string of the molecule is CC(=O)OC/C=C(\C)CCC=C(C)C.CC(C)=CCC/C(C)=C/CBr.CC(C)=CCC/C(C)=C/CC/C(C)=C/CO.CC(C)=CCCC(C)CCCC(C)CCC/C(C)=C/CO.OC/C=C/c1ccc(Br)cc1. The maximum absolute atomic E-state index is 10.5. The van der Waals surface area contributed by atoms with Gasteiger partial charge in [-0.25, -0.2) is 0 Å². The van der Waals surface area contributed by atoms with E-state index in [1.54, 1.807) is 6.08 Å². The summed E-state index contributed by atoms with van der Waals surface area (Å²) in [6.45, 7) is 34.8. The zero-order chi connectivity index (χ0) is 56.2. The molecule has 1 aromatic rings. The van der Waals surface area contributed by atoms with Gasteiger partial charge in [-0.3, -0.25) is 4.79 Å². The van der Waals surface area contributed by atoms with Crippen molar-refractivity contribution < 1.29 is 24.9 Å². The first-order valence-electron chi connectivity index (χ1n) is 27.3. The van der Waals surface area contributed by atoms with Gasteiger partial charge in [-0.15, -0.1) is 0 Å². The zero-order valence-corrected chi connectivity index (χ0v) is 52.8. The van der Waals surface area contributed by atoms with Crippen molar-refractivity contribution in [2.45, 2.75) is 214 Å². The number of hydrogen-bond acceptors (Lipinski definition) is 5. The number of ether oxygens (including phenoxy) is 1. The summed E-state index contributed by atoms with van der Waals surface area (Å²) in [5.74, 6) is 1.48. The van der Waals surface area contributed by atoms with Crippen LogP contribution in [0.15, 0.2) is 140 Å². The number of rotatable bonds is 30. The van der Waals surface area contributed by atoms with E-state index >= 15 is 0 Å². The molecule has 1 aromatic carbocycles. The summed E-state index contributed by atoms with van der Waals surface area (Å²) in [5, 5.41) is 27.0. The van der Waals surface area contributed by atoms with E-state index in [9.17, 15) is 4.79 Å². The lowest BCUT2D eigenvalue weighted by Gasteiger charge is -2.14. The number of carbonyl (C=O) groups excluding carboxylic acids is 1. The van der Waals surface area contributed by atoms with Crippen molar-refractivity contribution in [2.75, 3.05) is 31.8 Å². The molecule has 0 aliphatic heterocycles. The molecule has 0 heterocycles. The molecule has 0 saturated heterocycles. The third-order valence-electron chi connectivity index (χ3n) is 11.5. The first-order valence-corrected chi connectivity index (χ1v) is 29.2. The van der Waals surface area contributed by atoms with Crippen molar-refractivity contribution in [1.82, 2.24) is 0 Å². The summed E-state index contributed by atoms with van der Waals surface area (Å²) in [5.41, 5.74) is 13.5. The van der Waals surface area contributed by atoms with Crippen LogP contribution >= 0.6 is 31.9 Å². The van der Waals surface area contributed by atoms with Gasteiger partial charge < -0.3 is 20.1 Å². The van der Waals surface area contributed by atoms with Gasteiger partial charge in [0.2, 0.25) is 0 Å². The maximum atomic E-state index is 10.5. The molecule has 418 valence electrons. The van der Waals surface area contributed by atoms with Crippen LogP contribution in [-0.2, 0) is 9.53 Å². The van der Waals surface area contributed by atoms with Gasteiger partial charge in [-0.05, 0) is 203 Å². The van der Waals surface area contributed by atoms with E-state index < -0.39 is 0 Å². The van der Waals surface area contributed by atoms with Crippen LogP contribution in [0, 0.1) is 11.8 Å². The normalized spacial score (nSPS) is 12.5. The van der Waals surface area contributed by atoms with Crippen LogP contribution in [-0.4, -0.2) is 53.0 Å². The molecule has 0 saturated carbocycles. The minimum Gasteiger partial charge on any atom is -0.462 e. The fourth-order valence-electron chi connectivity index (χ4n) is 6.82. The van der Waals surface area contributed by atoms with Gasteiger partial charge in [0.15, 0.2) is 0 Å². The monoisotopic (exact) mass is 1140 g/mol. The zero-order valence-electron chi connectivity index (χ0n) is 49.6. The second-order valence-electron chi connectivity index (χ2n) is 20.6. The number of esters is 1. The molecule has 1 rings (SSSR count). The minimum atomic E-state index is -0.224. The van der Waals surface area contributed by atoms with E-state index in [-0.39, 0.29) is 25.8 Å². The van der Waals surface area contributed by atoms with Crippen LogP contribution in [0.3, 0.4) is 0 Å². The average Bonchev–Trinajstić information content (AvgIpc) is 3.29. The van der Waals surface area contributed by atoms with E-state index in [1.807, 2.05) is 48.6 Å². The van der Waals surface area contributed by atoms with Crippen LogP contribution in [0.2, 0.25) is 0 Å². The Morgan fingerprint density at radius 1 is 0.479 bits per heavy atom. The molecule has 5 nitrogen and oxygen atoms in total. The van der Waals surface area contributed by atoms with E-state index in [2.05, 4.69) is 172 Å². The number of aliphatic hydroxyl groups excluding tert-OH is 3.